The normalized spacial score (nSPS) is 19.4. The van der Waals surface area contributed by atoms with Crippen molar-refractivity contribution in [3.05, 3.63) is 34.3 Å². The first-order valence-corrected chi connectivity index (χ1v) is 7.48. The van der Waals surface area contributed by atoms with Crippen LogP contribution in [-0.2, 0) is 6.18 Å². The maximum absolute atomic E-state index is 12.8. The van der Waals surface area contributed by atoms with Crippen LogP contribution in [0.5, 0.6) is 0 Å². The number of rotatable bonds is 3. The number of aliphatic hydroxyl groups excluding tert-OH is 1. The highest BCUT2D eigenvalue weighted by Crippen LogP contribution is 2.36. The van der Waals surface area contributed by atoms with Gasteiger partial charge in [-0.3, -0.25) is 0 Å². The molecule has 7 heteroatoms. The Morgan fingerprint density at radius 2 is 1.73 bits per heavy atom. The molecule has 0 radical (unpaired) electrons. The van der Waals surface area contributed by atoms with Gasteiger partial charge in [0.25, 0.3) is 0 Å². The fourth-order valence-corrected chi connectivity index (χ4v) is 3.18. The van der Waals surface area contributed by atoms with Crippen LogP contribution >= 0.6 is 24.0 Å². The molecule has 1 aromatic carbocycles. The first-order chi connectivity index (χ1) is 9.79. The Balaban J connectivity index is 0.00000242. The molecule has 2 nitrogen and oxygen atoms in total. The summed E-state index contributed by atoms with van der Waals surface area (Å²) in [5.74, 6) is 0.0436. The zero-order valence-electron chi connectivity index (χ0n) is 11.9. The van der Waals surface area contributed by atoms with Crippen molar-refractivity contribution in [2.45, 2.75) is 50.4 Å². The SMILES string of the molecule is Cl.N[C@@H](c1cc(Cl)cc(C(F)(F)F)c1)[C@H](O)C1CCCCC1. The first-order valence-electron chi connectivity index (χ1n) is 7.10. The number of benzene rings is 1. The molecule has 0 amide bonds. The molecule has 22 heavy (non-hydrogen) atoms. The molecule has 2 rings (SSSR count). The molecule has 0 aromatic heterocycles. The monoisotopic (exact) mass is 357 g/mol. The lowest BCUT2D eigenvalue weighted by molar-refractivity contribution is -0.137. The zero-order valence-corrected chi connectivity index (χ0v) is 13.5. The van der Waals surface area contributed by atoms with Gasteiger partial charge in [0.15, 0.2) is 0 Å². The topological polar surface area (TPSA) is 46.2 Å². The molecule has 0 unspecified atom stereocenters. The molecule has 3 N–H and O–H groups in total. The molecular weight excluding hydrogens is 338 g/mol. The van der Waals surface area contributed by atoms with Crippen LogP contribution in [0.1, 0.15) is 49.3 Å². The minimum atomic E-state index is -4.48. The van der Waals surface area contributed by atoms with Crippen LogP contribution in [0.4, 0.5) is 13.2 Å². The second kappa shape index (κ2) is 7.86. The first kappa shape index (κ1) is 19.6. The summed E-state index contributed by atoms with van der Waals surface area (Å²) in [7, 11) is 0. The molecule has 126 valence electrons. The fraction of sp³-hybridized carbons (Fsp3) is 0.600. The minimum Gasteiger partial charge on any atom is -0.391 e. The molecule has 1 aliphatic rings. The Morgan fingerprint density at radius 3 is 2.27 bits per heavy atom. The summed E-state index contributed by atoms with van der Waals surface area (Å²) in [4.78, 5) is 0. The largest absolute Gasteiger partial charge is 0.416 e. The van der Waals surface area contributed by atoms with E-state index in [-0.39, 0.29) is 28.9 Å². The van der Waals surface area contributed by atoms with Gasteiger partial charge in [0.2, 0.25) is 0 Å². The molecule has 0 aliphatic heterocycles. The van der Waals surface area contributed by atoms with Crippen molar-refractivity contribution in [3.63, 3.8) is 0 Å². The summed E-state index contributed by atoms with van der Waals surface area (Å²) in [6, 6.07) is 2.38. The smallest absolute Gasteiger partial charge is 0.391 e. The van der Waals surface area contributed by atoms with Crippen LogP contribution in [0.2, 0.25) is 5.02 Å². The number of aliphatic hydroxyl groups is 1. The zero-order chi connectivity index (χ0) is 15.6. The van der Waals surface area contributed by atoms with E-state index in [2.05, 4.69) is 0 Å². The summed E-state index contributed by atoms with van der Waals surface area (Å²) in [6.45, 7) is 0. The highest BCUT2D eigenvalue weighted by Gasteiger charge is 2.33. The lowest BCUT2D eigenvalue weighted by atomic mass is 9.81. The van der Waals surface area contributed by atoms with Gasteiger partial charge >= 0.3 is 6.18 Å². The quantitative estimate of drug-likeness (QED) is 0.821. The van der Waals surface area contributed by atoms with E-state index in [0.29, 0.717) is 0 Å². The van der Waals surface area contributed by atoms with Crippen LogP contribution in [0.3, 0.4) is 0 Å². The van der Waals surface area contributed by atoms with Gasteiger partial charge in [-0.1, -0.05) is 30.9 Å². The van der Waals surface area contributed by atoms with Gasteiger partial charge in [-0.25, -0.2) is 0 Å². The van der Waals surface area contributed by atoms with Gasteiger partial charge in [0.1, 0.15) is 0 Å². The van der Waals surface area contributed by atoms with Crippen molar-refractivity contribution < 1.29 is 18.3 Å². The maximum atomic E-state index is 12.8. The van der Waals surface area contributed by atoms with E-state index in [1.165, 1.54) is 6.07 Å². The highest BCUT2D eigenvalue weighted by atomic mass is 35.5. The molecule has 1 aliphatic carbocycles. The van der Waals surface area contributed by atoms with E-state index < -0.39 is 23.9 Å². The highest BCUT2D eigenvalue weighted by molar-refractivity contribution is 6.30. The Bertz CT molecular complexity index is 490. The van der Waals surface area contributed by atoms with Crippen LogP contribution in [0.25, 0.3) is 0 Å². The molecule has 0 heterocycles. The Morgan fingerprint density at radius 1 is 1.14 bits per heavy atom. The van der Waals surface area contributed by atoms with Crippen molar-refractivity contribution in [3.8, 4) is 0 Å². The predicted octanol–water partition coefficient (Wildman–Crippen LogP) is 4.72. The van der Waals surface area contributed by atoms with E-state index in [0.717, 1.165) is 44.2 Å². The Hall–Kier alpha value is -0.490. The second-order valence-corrected chi connectivity index (χ2v) is 6.12. The van der Waals surface area contributed by atoms with Crippen molar-refractivity contribution >= 4 is 24.0 Å². The van der Waals surface area contributed by atoms with E-state index in [4.69, 9.17) is 17.3 Å². The van der Waals surface area contributed by atoms with E-state index in [1.54, 1.807) is 0 Å². The molecule has 1 saturated carbocycles. The van der Waals surface area contributed by atoms with Gasteiger partial charge in [-0.05, 0) is 42.5 Å². The van der Waals surface area contributed by atoms with Crippen LogP contribution in [0.15, 0.2) is 18.2 Å². The molecule has 1 aromatic rings. The van der Waals surface area contributed by atoms with Crippen molar-refractivity contribution in [2.75, 3.05) is 0 Å². The number of hydrogen-bond donors (Lipinski definition) is 2. The summed E-state index contributed by atoms with van der Waals surface area (Å²) in [5.41, 5.74) is 5.37. The molecule has 1 fully saturated rings. The average molecular weight is 358 g/mol. The van der Waals surface area contributed by atoms with Gasteiger partial charge in [0.05, 0.1) is 17.7 Å². The van der Waals surface area contributed by atoms with Crippen molar-refractivity contribution in [1.29, 1.82) is 0 Å². The summed E-state index contributed by atoms with van der Waals surface area (Å²) >= 11 is 5.75. The second-order valence-electron chi connectivity index (χ2n) is 5.69. The third-order valence-electron chi connectivity index (χ3n) is 4.13. The van der Waals surface area contributed by atoms with Gasteiger partial charge < -0.3 is 10.8 Å². The molecular formula is C15H20Cl2F3NO. The number of halogens is 5. The third kappa shape index (κ3) is 4.75. The maximum Gasteiger partial charge on any atom is 0.416 e. The molecule has 0 saturated heterocycles. The average Bonchev–Trinajstić information content (AvgIpc) is 2.45. The molecule has 0 spiro atoms. The van der Waals surface area contributed by atoms with Gasteiger partial charge in [-0.15, -0.1) is 12.4 Å². The number of alkyl halides is 3. The molecule has 0 bridgehead atoms. The van der Waals surface area contributed by atoms with Gasteiger partial charge in [-0.2, -0.15) is 13.2 Å². The Kier molecular flexibility index (Phi) is 6.99. The summed E-state index contributed by atoms with van der Waals surface area (Å²) in [6.07, 6.45) is -0.410. The number of hydrogen-bond acceptors (Lipinski definition) is 2. The fourth-order valence-electron chi connectivity index (χ4n) is 2.93. The van der Waals surface area contributed by atoms with Crippen LogP contribution in [-0.4, -0.2) is 11.2 Å². The van der Waals surface area contributed by atoms with E-state index in [1.807, 2.05) is 0 Å². The molecule has 2 atom stereocenters. The third-order valence-corrected chi connectivity index (χ3v) is 4.35. The predicted molar refractivity (Wildman–Crippen MR) is 83.2 cm³/mol. The van der Waals surface area contributed by atoms with Crippen LogP contribution in [0, 0.1) is 5.92 Å². The lowest BCUT2D eigenvalue weighted by Crippen LogP contribution is -2.34. The van der Waals surface area contributed by atoms with Gasteiger partial charge in [0, 0.05) is 5.02 Å². The minimum absolute atomic E-state index is 0. The van der Waals surface area contributed by atoms with Crippen molar-refractivity contribution in [2.24, 2.45) is 11.7 Å². The lowest BCUT2D eigenvalue weighted by Gasteiger charge is -2.31. The van der Waals surface area contributed by atoms with E-state index in [9.17, 15) is 18.3 Å². The summed E-state index contributed by atoms with van der Waals surface area (Å²) in [5, 5.41) is 10.3. The summed E-state index contributed by atoms with van der Waals surface area (Å²) < 4.78 is 38.4. The number of nitrogens with two attached hydrogens (primary N) is 1. The van der Waals surface area contributed by atoms with Crippen molar-refractivity contribution in [1.82, 2.24) is 0 Å². The van der Waals surface area contributed by atoms with E-state index >= 15 is 0 Å². The van der Waals surface area contributed by atoms with Crippen LogP contribution < -0.4 is 5.73 Å². The Labute approximate surface area is 139 Å². The standard InChI is InChI=1S/C15H19ClF3NO.ClH/c16-12-7-10(6-11(8-12)15(17,18)19)13(20)14(21)9-4-2-1-3-5-9;/h6-9,13-14,21H,1-5,20H2;1H/t13-,14+;/m0./s1.